The van der Waals surface area contributed by atoms with Gasteiger partial charge in [0, 0.05) is 19.2 Å². The molecule has 0 radical (unpaired) electrons. The molecule has 0 aliphatic heterocycles. The average Bonchev–Trinajstić information content (AvgIpc) is 2.57. The van der Waals surface area contributed by atoms with Crippen LogP contribution >= 0.6 is 0 Å². The molecule has 0 saturated carbocycles. The number of aliphatic carboxylic acids is 1. The maximum absolute atomic E-state index is 12.5. The number of likely N-dealkylation sites (N-methyl/N-ethyl adjacent to an activating group) is 1. The molecule has 2 N–H and O–H groups in total. The molecule has 1 atom stereocenters. The van der Waals surface area contributed by atoms with Crippen LogP contribution in [-0.4, -0.2) is 54.0 Å². The normalized spacial score (nSPS) is 11.7. The minimum Gasteiger partial charge on any atom is -0.494 e. The number of carbonyl (C=O) groups excluding carboxylic acids is 2. The van der Waals surface area contributed by atoms with Crippen LogP contribution in [0.25, 0.3) is 0 Å². The number of hydrogen-bond donors (Lipinski definition) is 2. The molecular formula is C18H26N2O5. The quantitative estimate of drug-likeness (QED) is 0.708. The van der Waals surface area contributed by atoms with Crippen LogP contribution in [0.5, 0.6) is 5.75 Å². The van der Waals surface area contributed by atoms with Crippen LogP contribution in [0.3, 0.4) is 0 Å². The molecule has 0 bridgehead atoms. The molecule has 7 nitrogen and oxygen atoms in total. The maximum atomic E-state index is 12.5. The van der Waals surface area contributed by atoms with Crippen LogP contribution in [0, 0.1) is 5.92 Å². The molecule has 0 spiro atoms. The van der Waals surface area contributed by atoms with Crippen molar-refractivity contribution >= 4 is 17.8 Å². The molecule has 0 heterocycles. The van der Waals surface area contributed by atoms with E-state index < -0.39 is 12.0 Å². The lowest BCUT2D eigenvalue weighted by atomic mass is 10.0. The minimum absolute atomic E-state index is 0.0936. The predicted molar refractivity (Wildman–Crippen MR) is 93.6 cm³/mol. The maximum Gasteiger partial charge on any atom is 0.305 e. The van der Waals surface area contributed by atoms with Crippen LogP contribution in [0.1, 0.15) is 37.6 Å². The summed E-state index contributed by atoms with van der Waals surface area (Å²) in [5, 5.41) is 11.5. The Morgan fingerprint density at radius 1 is 1.20 bits per heavy atom. The van der Waals surface area contributed by atoms with E-state index in [1.165, 1.54) is 11.9 Å². The summed E-state index contributed by atoms with van der Waals surface area (Å²) < 4.78 is 5.34. The fourth-order valence-electron chi connectivity index (χ4n) is 2.22. The molecule has 1 rings (SSSR count). The van der Waals surface area contributed by atoms with Crippen molar-refractivity contribution in [2.75, 3.05) is 20.2 Å². The van der Waals surface area contributed by atoms with Crippen LogP contribution in [0.2, 0.25) is 0 Å². The SMILES string of the molecule is CCOc1ccc(C(=O)NC(C(=O)N(C)CCC(=O)O)C(C)C)cc1. The van der Waals surface area contributed by atoms with Crippen molar-refractivity contribution in [2.45, 2.75) is 33.2 Å². The van der Waals surface area contributed by atoms with Gasteiger partial charge in [-0.2, -0.15) is 0 Å². The third kappa shape index (κ3) is 6.45. The van der Waals surface area contributed by atoms with Gasteiger partial charge in [-0.05, 0) is 37.1 Å². The third-order valence-corrected chi connectivity index (χ3v) is 3.68. The largest absolute Gasteiger partial charge is 0.494 e. The van der Waals surface area contributed by atoms with E-state index in [4.69, 9.17) is 9.84 Å². The highest BCUT2D eigenvalue weighted by Gasteiger charge is 2.27. The van der Waals surface area contributed by atoms with E-state index in [0.717, 1.165) is 0 Å². The Bertz CT molecular complexity index is 598. The average molecular weight is 350 g/mol. The van der Waals surface area contributed by atoms with Gasteiger partial charge in [0.05, 0.1) is 13.0 Å². The van der Waals surface area contributed by atoms with E-state index in [0.29, 0.717) is 17.9 Å². The van der Waals surface area contributed by atoms with Crippen molar-refractivity contribution in [3.63, 3.8) is 0 Å². The van der Waals surface area contributed by atoms with Crippen molar-refractivity contribution in [2.24, 2.45) is 5.92 Å². The Hall–Kier alpha value is -2.57. The number of amides is 2. The second-order valence-electron chi connectivity index (χ2n) is 6.06. The first-order chi connectivity index (χ1) is 11.8. The van der Waals surface area contributed by atoms with Gasteiger partial charge in [0.2, 0.25) is 5.91 Å². The summed E-state index contributed by atoms with van der Waals surface area (Å²) in [6.07, 6.45) is -0.139. The van der Waals surface area contributed by atoms with Crippen LogP contribution in [0.4, 0.5) is 0 Å². The standard InChI is InChI=1S/C18H26N2O5/c1-5-25-14-8-6-13(7-9-14)17(23)19-16(12(2)3)18(24)20(4)11-10-15(21)22/h6-9,12,16H,5,10-11H2,1-4H3,(H,19,23)(H,21,22). The van der Waals surface area contributed by atoms with Gasteiger partial charge in [0.25, 0.3) is 5.91 Å². The molecule has 138 valence electrons. The Morgan fingerprint density at radius 2 is 1.80 bits per heavy atom. The van der Waals surface area contributed by atoms with Crippen LogP contribution in [0.15, 0.2) is 24.3 Å². The first-order valence-corrected chi connectivity index (χ1v) is 8.26. The molecule has 1 aromatic rings. The fourth-order valence-corrected chi connectivity index (χ4v) is 2.22. The van der Waals surface area contributed by atoms with Gasteiger partial charge in [-0.3, -0.25) is 14.4 Å². The van der Waals surface area contributed by atoms with Gasteiger partial charge in [-0.1, -0.05) is 13.8 Å². The van der Waals surface area contributed by atoms with E-state index in [1.54, 1.807) is 24.3 Å². The number of rotatable bonds is 9. The number of benzene rings is 1. The molecule has 0 fully saturated rings. The zero-order valence-corrected chi connectivity index (χ0v) is 15.1. The van der Waals surface area contributed by atoms with Crippen molar-refractivity contribution in [1.82, 2.24) is 10.2 Å². The summed E-state index contributed by atoms with van der Waals surface area (Å²) in [6, 6.07) is 5.94. The van der Waals surface area contributed by atoms with Gasteiger partial charge in [-0.25, -0.2) is 0 Å². The highest BCUT2D eigenvalue weighted by atomic mass is 16.5. The molecule has 0 saturated heterocycles. The van der Waals surface area contributed by atoms with Crippen molar-refractivity contribution in [3.05, 3.63) is 29.8 Å². The monoisotopic (exact) mass is 350 g/mol. The van der Waals surface area contributed by atoms with E-state index in [1.807, 2.05) is 20.8 Å². The molecule has 1 aromatic carbocycles. The lowest BCUT2D eigenvalue weighted by Gasteiger charge is -2.26. The smallest absolute Gasteiger partial charge is 0.305 e. The molecule has 2 amide bonds. The Balaban J connectivity index is 2.77. The Morgan fingerprint density at radius 3 is 2.28 bits per heavy atom. The Kier molecular flexibility index (Phi) is 7.91. The molecule has 25 heavy (non-hydrogen) atoms. The Labute approximate surface area is 148 Å². The summed E-state index contributed by atoms with van der Waals surface area (Å²) in [5.41, 5.74) is 0.426. The van der Waals surface area contributed by atoms with Gasteiger partial charge >= 0.3 is 5.97 Å². The van der Waals surface area contributed by atoms with Gasteiger partial charge < -0.3 is 20.1 Å². The van der Waals surface area contributed by atoms with E-state index >= 15 is 0 Å². The number of hydrogen-bond acceptors (Lipinski definition) is 4. The summed E-state index contributed by atoms with van der Waals surface area (Å²) in [7, 11) is 1.53. The number of carboxylic acid groups (broad SMARTS) is 1. The van der Waals surface area contributed by atoms with Crippen molar-refractivity contribution < 1.29 is 24.2 Å². The second kappa shape index (κ2) is 9.66. The minimum atomic E-state index is -0.973. The number of ether oxygens (including phenoxy) is 1. The number of nitrogens with zero attached hydrogens (tertiary/aromatic N) is 1. The number of carboxylic acids is 1. The molecule has 0 aromatic heterocycles. The van der Waals surface area contributed by atoms with Crippen molar-refractivity contribution in [3.8, 4) is 5.75 Å². The highest BCUT2D eigenvalue weighted by molar-refractivity contribution is 5.97. The van der Waals surface area contributed by atoms with Gasteiger partial charge in [-0.15, -0.1) is 0 Å². The van der Waals surface area contributed by atoms with E-state index in [9.17, 15) is 14.4 Å². The van der Waals surface area contributed by atoms with Gasteiger partial charge in [0.1, 0.15) is 11.8 Å². The predicted octanol–water partition coefficient (Wildman–Crippen LogP) is 1.77. The highest BCUT2D eigenvalue weighted by Crippen LogP contribution is 2.13. The first-order valence-electron chi connectivity index (χ1n) is 8.26. The number of nitrogens with one attached hydrogen (secondary N) is 1. The summed E-state index contributed by atoms with van der Waals surface area (Å²) in [4.78, 5) is 36.9. The summed E-state index contributed by atoms with van der Waals surface area (Å²) >= 11 is 0. The van der Waals surface area contributed by atoms with Crippen molar-refractivity contribution in [1.29, 1.82) is 0 Å². The molecule has 0 aliphatic rings. The third-order valence-electron chi connectivity index (χ3n) is 3.68. The van der Waals surface area contributed by atoms with Crippen LogP contribution < -0.4 is 10.1 Å². The second-order valence-corrected chi connectivity index (χ2v) is 6.06. The molecule has 7 heteroatoms. The zero-order valence-electron chi connectivity index (χ0n) is 15.1. The van der Waals surface area contributed by atoms with E-state index in [2.05, 4.69) is 5.32 Å². The summed E-state index contributed by atoms with van der Waals surface area (Å²) in [6.45, 7) is 6.16. The van der Waals surface area contributed by atoms with Gasteiger partial charge in [0.15, 0.2) is 0 Å². The zero-order chi connectivity index (χ0) is 19.0. The fraction of sp³-hybridized carbons (Fsp3) is 0.500. The number of carbonyl (C=O) groups is 3. The lowest BCUT2D eigenvalue weighted by molar-refractivity contribution is -0.138. The molecular weight excluding hydrogens is 324 g/mol. The topological polar surface area (TPSA) is 95.9 Å². The first kappa shape index (κ1) is 20.5. The lowest BCUT2D eigenvalue weighted by Crippen LogP contribution is -2.50. The van der Waals surface area contributed by atoms with Crippen LogP contribution in [-0.2, 0) is 9.59 Å². The molecule has 0 aliphatic carbocycles. The molecule has 1 unspecified atom stereocenters. The summed E-state index contributed by atoms with van der Waals surface area (Å²) in [5.74, 6) is -1.10. The van der Waals surface area contributed by atoms with E-state index in [-0.39, 0.29) is 30.7 Å².